The minimum atomic E-state index is -0.528. The van der Waals surface area contributed by atoms with E-state index in [0.717, 1.165) is 12.8 Å². The molecule has 0 saturated carbocycles. The summed E-state index contributed by atoms with van der Waals surface area (Å²) in [4.78, 5) is 11.6. The van der Waals surface area contributed by atoms with E-state index in [1.807, 2.05) is 13.8 Å². The molecule has 0 radical (unpaired) electrons. The Hall–Kier alpha value is -0.570. The van der Waals surface area contributed by atoms with E-state index in [2.05, 4.69) is 6.92 Å². The third kappa shape index (κ3) is 6.50. The highest BCUT2D eigenvalue weighted by molar-refractivity contribution is 5.76. The van der Waals surface area contributed by atoms with E-state index in [1.54, 1.807) is 7.11 Å². The van der Waals surface area contributed by atoms with Gasteiger partial charge >= 0.3 is 5.97 Å². The monoisotopic (exact) mass is 216 g/mol. The summed E-state index contributed by atoms with van der Waals surface area (Å²) >= 11 is 0. The van der Waals surface area contributed by atoms with E-state index >= 15 is 0 Å². The fourth-order valence-electron chi connectivity index (χ4n) is 1.31. The number of hydrogen-bond donors (Lipinski definition) is 0. The SMILES string of the molecule is CCCCCCOC(=O)C(C)(C)COC. The average Bonchev–Trinajstić information content (AvgIpc) is 2.17. The van der Waals surface area contributed by atoms with Gasteiger partial charge in [-0.2, -0.15) is 0 Å². The van der Waals surface area contributed by atoms with E-state index in [4.69, 9.17) is 9.47 Å². The molecule has 0 aromatic rings. The fraction of sp³-hybridized carbons (Fsp3) is 0.917. The van der Waals surface area contributed by atoms with Crippen LogP contribution in [0, 0.1) is 5.41 Å². The number of methoxy groups -OCH3 is 1. The fourth-order valence-corrected chi connectivity index (χ4v) is 1.31. The molecule has 0 unspecified atom stereocenters. The maximum absolute atomic E-state index is 11.6. The number of rotatable bonds is 8. The van der Waals surface area contributed by atoms with E-state index in [-0.39, 0.29) is 5.97 Å². The topological polar surface area (TPSA) is 35.5 Å². The molecule has 0 N–H and O–H groups in total. The number of ether oxygens (including phenoxy) is 2. The van der Waals surface area contributed by atoms with Crippen molar-refractivity contribution in [1.82, 2.24) is 0 Å². The molecule has 15 heavy (non-hydrogen) atoms. The Kier molecular flexibility index (Phi) is 7.39. The van der Waals surface area contributed by atoms with Gasteiger partial charge in [0.15, 0.2) is 0 Å². The second-order valence-corrected chi connectivity index (χ2v) is 4.51. The Bertz CT molecular complexity index is 176. The molecule has 0 heterocycles. The summed E-state index contributed by atoms with van der Waals surface area (Å²) in [7, 11) is 1.59. The van der Waals surface area contributed by atoms with Gasteiger partial charge in [0.1, 0.15) is 0 Å². The van der Waals surface area contributed by atoms with E-state index < -0.39 is 5.41 Å². The van der Waals surface area contributed by atoms with Crippen molar-refractivity contribution in [3.8, 4) is 0 Å². The Morgan fingerprint density at radius 2 is 1.87 bits per heavy atom. The molecule has 0 bridgehead atoms. The van der Waals surface area contributed by atoms with Gasteiger partial charge in [0, 0.05) is 7.11 Å². The molecule has 0 amide bonds. The summed E-state index contributed by atoms with van der Waals surface area (Å²) in [6, 6.07) is 0. The molecule has 90 valence electrons. The van der Waals surface area contributed by atoms with Gasteiger partial charge in [-0.1, -0.05) is 26.2 Å². The lowest BCUT2D eigenvalue weighted by Crippen LogP contribution is -2.31. The van der Waals surface area contributed by atoms with Crippen molar-refractivity contribution < 1.29 is 14.3 Å². The molecule has 3 heteroatoms. The predicted octanol–water partition coefficient (Wildman–Crippen LogP) is 2.78. The zero-order valence-corrected chi connectivity index (χ0v) is 10.5. The largest absolute Gasteiger partial charge is 0.465 e. The van der Waals surface area contributed by atoms with Gasteiger partial charge < -0.3 is 9.47 Å². The lowest BCUT2D eigenvalue weighted by molar-refractivity contribution is -0.156. The van der Waals surface area contributed by atoms with Crippen LogP contribution < -0.4 is 0 Å². The molecule has 0 atom stereocenters. The normalized spacial score (nSPS) is 11.5. The summed E-state index contributed by atoms with van der Waals surface area (Å²) in [5, 5.41) is 0. The maximum Gasteiger partial charge on any atom is 0.313 e. The number of carbonyl (C=O) groups is 1. The third-order valence-corrected chi connectivity index (χ3v) is 2.29. The molecule has 0 aromatic carbocycles. The van der Waals surface area contributed by atoms with Crippen LogP contribution in [0.4, 0.5) is 0 Å². The van der Waals surface area contributed by atoms with Crippen molar-refractivity contribution in [2.45, 2.75) is 46.5 Å². The van der Waals surface area contributed by atoms with Crippen molar-refractivity contribution in [2.75, 3.05) is 20.3 Å². The van der Waals surface area contributed by atoms with Crippen molar-refractivity contribution in [1.29, 1.82) is 0 Å². The number of carbonyl (C=O) groups excluding carboxylic acids is 1. The lowest BCUT2D eigenvalue weighted by atomic mass is 9.95. The standard InChI is InChI=1S/C12H24O3/c1-5-6-7-8-9-15-11(13)12(2,3)10-14-4/h5-10H2,1-4H3. The molecule has 0 saturated heterocycles. The van der Waals surface area contributed by atoms with Crippen LogP contribution in [0.25, 0.3) is 0 Å². The molecular weight excluding hydrogens is 192 g/mol. The summed E-state index contributed by atoms with van der Waals surface area (Å²) in [5.74, 6) is -0.166. The van der Waals surface area contributed by atoms with E-state index in [1.165, 1.54) is 12.8 Å². The maximum atomic E-state index is 11.6. The predicted molar refractivity (Wildman–Crippen MR) is 60.8 cm³/mol. The Morgan fingerprint density at radius 1 is 1.20 bits per heavy atom. The molecule has 0 aromatic heterocycles. The second-order valence-electron chi connectivity index (χ2n) is 4.51. The van der Waals surface area contributed by atoms with Gasteiger partial charge in [0.05, 0.1) is 18.6 Å². The Balaban J connectivity index is 3.64. The summed E-state index contributed by atoms with van der Waals surface area (Å²) in [6.07, 6.45) is 4.50. The van der Waals surface area contributed by atoms with Crippen molar-refractivity contribution in [3.63, 3.8) is 0 Å². The third-order valence-electron chi connectivity index (χ3n) is 2.29. The van der Waals surface area contributed by atoms with Crippen molar-refractivity contribution in [2.24, 2.45) is 5.41 Å². The summed E-state index contributed by atoms with van der Waals surface area (Å²) in [5.41, 5.74) is -0.528. The summed E-state index contributed by atoms with van der Waals surface area (Å²) < 4.78 is 10.2. The second kappa shape index (κ2) is 7.69. The Labute approximate surface area is 93.1 Å². The van der Waals surface area contributed by atoms with Crippen LogP contribution in [0.2, 0.25) is 0 Å². The van der Waals surface area contributed by atoms with Gasteiger partial charge in [-0.05, 0) is 20.3 Å². The molecule has 3 nitrogen and oxygen atoms in total. The van der Waals surface area contributed by atoms with Crippen LogP contribution in [0.15, 0.2) is 0 Å². The quantitative estimate of drug-likeness (QED) is 0.462. The minimum absolute atomic E-state index is 0.166. The average molecular weight is 216 g/mol. The van der Waals surface area contributed by atoms with E-state index in [9.17, 15) is 4.79 Å². The van der Waals surface area contributed by atoms with Gasteiger partial charge in [-0.3, -0.25) is 4.79 Å². The zero-order valence-electron chi connectivity index (χ0n) is 10.5. The zero-order chi connectivity index (χ0) is 11.7. The minimum Gasteiger partial charge on any atom is -0.465 e. The smallest absolute Gasteiger partial charge is 0.313 e. The highest BCUT2D eigenvalue weighted by Gasteiger charge is 2.29. The highest BCUT2D eigenvalue weighted by atomic mass is 16.5. The van der Waals surface area contributed by atoms with Gasteiger partial charge in [-0.15, -0.1) is 0 Å². The number of hydrogen-bond acceptors (Lipinski definition) is 3. The number of unbranched alkanes of at least 4 members (excludes halogenated alkanes) is 3. The van der Waals surface area contributed by atoms with Crippen molar-refractivity contribution >= 4 is 5.97 Å². The van der Waals surface area contributed by atoms with Crippen LogP contribution in [-0.4, -0.2) is 26.3 Å². The highest BCUT2D eigenvalue weighted by Crippen LogP contribution is 2.17. The van der Waals surface area contributed by atoms with Crippen LogP contribution in [0.1, 0.15) is 46.5 Å². The van der Waals surface area contributed by atoms with Gasteiger partial charge in [0.2, 0.25) is 0 Å². The molecule has 0 aliphatic carbocycles. The number of esters is 1. The van der Waals surface area contributed by atoms with Gasteiger partial charge in [0.25, 0.3) is 0 Å². The first-order valence-electron chi connectivity index (χ1n) is 5.70. The van der Waals surface area contributed by atoms with E-state index in [0.29, 0.717) is 13.2 Å². The molecule has 0 aliphatic heterocycles. The Morgan fingerprint density at radius 3 is 2.40 bits per heavy atom. The molecule has 0 aliphatic rings. The first kappa shape index (κ1) is 14.4. The molecule has 0 spiro atoms. The van der Waals surface area contributed by atoms with Crippen LogP contribution in [0.3, 0.4) is 0 Å². The van der Waals surface area contributed by atoms with Crippen LogP contribution in [0.5, 0.6) is 0 Å². The van der Waals surface area contributed by atoms with Gasteiger partial charge in [-0.25, -0.2) is 0 Å². The molecular formula is C12H24O3. The first-order valence-corrected chi connectivity index (χ1v) is 5.70. The first-order chi connectivity index (χ1) is 7.04. The van der Waals surface area contributed by atoms with Crippen molar-refractivity contribution in [3.05, 3.63) is 0 Å². The van der Waals surface area contributed by atoms with Crippen LogP contribution >= 0.6 is 0 Å². The lowest BCUT2D eigenvalue weighted by Gasteiger charge is -2.21. The molecule has 0 fully saturated rings. The van der Waals surface area contributed by atoms with Crippen LogP contribution in [-0.2, 0) is 14.3 Å². The molecule has 0 rings (SSSR count). The summed E-state index contributed by atoms with van der Waals surface area (Å²) in [6.45, 7) is 6.77.